The number of hydrogen-bond donors (Lipinski definition) is 0. The van der Waals surface area contributed by atoms with Crippen LogP contribution in [0, 0.1) is 0 Å². The molecule has 0 atom stereocenters. The molecule has 0 aliphatic rings. The van der Waals surface area contributed by atoms with Crippen LogP contribution in [0.2, 0.25) is 0 Å². The zero-order valence-corrected chi connectivity index (χ0v) is 6.63. The Kier molecular flexibility index (Phi) is 770. The van der Waals surface area contributed by atoms with Gasteiger partial charge in [0.15, 0.2) is 0 Å². The first-order valence-electron chi connectivity index (χ1n) is 0. The molecule has 0 aliphatic carbocycles. The van der Waals surface area contributed by atoms with Crippen LogP contribution >= 0.6 is 49.6 Å². The van der Waals surface area contributed by atoms with Gasteiger partial charge in [-0.15, -0.1) is 49.6 Å². The molecule has 0 fully saturated rings. The van der Waals surface area contributed by atoms with E-state index in [1.54, 1.807) is 0 Å². The van der Waals surface area contributed by atoms with Gasteiger partial charge >= 0.3 is 18.9 Å². The van der Waals surface area contributed by atoms with Gasteiger partial charge in [0.05, 0.1) is 0 Å². The molecular formula is H5AlCl4Li. The first-order valence-corrected chi connectivity index (χ1v) is 0. The van der Waals surface area contributed by atoms with Crippen LogP contribution in [-0.2, 0) is 0 Å². The zero-order valence-electron chi connectivity index (χ0n) is 2.21. The fourth-order valence-electron chi connectivity index (χ4n) is 0. The normalized spacial score (nSPS) is 0. The molecule has 0 amide bonds. The molecule has 6 heteroatoms. The average Bonchev–Trinajstić information content (AvgIpc) is 0. The first kappa shape index (κ1) is 84.0. The van der Waals surface area contributed by atoms with Gasteiger partial charge in [0, 0.05) is 17.4 Å². The van der Waals surface area contributed by atoms with Crippen LogP contribution in [0.15, 0.2) is 0 Å². The van der Waals surface area contributed by atoms with E-state index in [0.717, 1.165) is 0 Å². The number of rotatable bonds is 0. The monoisotopic (exact) mass is 179 g/mol. The summed E-state index contributed by atoms with van der Waals surface area (Å²) in [7, 11) is 0. The van der Waals surface area contributed by atoms with E-state index in [0.29, 0.717) is 0 Å². The molecule has 0 N–H and O–H groups in total. The zero-order chi connectivity index (χ0) is 0. The molecule has 0 aromatic rings. The molecule has 0 aromatic carbocycles. The molecule has 0 saturated heterocycles. The Morgan fingerprint density at radius 1 is 0.500 bits per heavy atom. The molecule has 0 spiro atoms. The van der Waals surface area contributed by atoms with Crippen molar-refractivity contribution in [1.29, 1.82) is 0 Å². The van der Waals surface area contributed by atoms with Crippen molar-refractivity contribution in [2.24, 2.45) is 0 Å². The summed E-state index contributed by atoms with van der Waals surface area (Å²) < 4.78 is 0. The van der Waals surface area contributed by atoms with Gasteiger partial charge in [-0.25, -0.2) is 0 Å². The summed E-state index contributed by atoms with van der Waals surface area (Å²) in [6.45, 7) is 0. The Morgan fingerprint density at radius 2 is 0.500 bits per heavy atom. The third kappa shape index (κ3) is 33.6. The third-order valence-electron chi connectivity index (χ3n) is 0. The van der Waals surface area contributed by atoms with Crippen LogP contribution in [0.3, 0.4) is 0 Å². The maximum absolute atomic E-state index is 0. The Balaban J connectivity index is 0. The molecule has 0 rings (SSSR count). The molecule has 0 saturated carbocycles. The molecule has 0 unspecified atom stereocenters. The van der Waals surface area contributed by atoms with Crippen LogP contribution < -0.4 is 0 Å². The van der Waals surface area contributed by atoms with Crippen LogP contribution in [0.25, 0.3) is 0 Å². The van der Waals surface area contributed by atoms with Crippen LogP contribution in [0.4, 0.5) is 0 Å². The van der Waals surface area contributed by atoms with E-state index in [2.05, 4.69) is 0 Å². The van der Waals surface area contributed by atoms with Crippen molar-refractivity contribution in [1.82, 2.24) is 0 Å². The van der Waals surface area contributed by atoms with E-state index in [4.69, 9.17) is 0 Å². The number of halogens is 4. The van der Waals surface area contributed by atoms with Crippen molar-refractivity contribution < 1.29 is 0 Å². The van der Waals surface area contributed by atoms with Gasteiger partial charge < -0.3 is 0 Å². The standard InChI is InChI=1S/Al.4ClH.Li.H/h;4*1H;;. The van der Waals surface area contributed by atoms with Crippen molar-refractivity contribution in [3.8, 4) is 0 Å². The van der Waals surface area contributed by atoms with Gasteiger partial charge in [-0.05, 0) is 0 Å². The van der Waals surface area contributed by atoms with Crippen LogP contribution in [0.5, 0.6) is 0 Å². The van der Waals surface area contributed by atoms with E-state index >= 15 is 0 Å². The predicted octanol–water partition coefficient (Wildman–Crippen LogP) is 0.658. The molecule has 0 heterocycles. The Hall–Kier alpha value is 2.29. The quantitative estimate of drug-likeness (QED) is 0.481. The Morgan fingerprint density at radius 3 is 0.500 bits per heavy atom. The first-order chi connectivity index (χ1) is 0. The summed E-state index contributed by atoms with van der Waals surface area (Å²) in [4.78, 5) is 0. The fourth-order valence-corrected chi connectivity index (χ4v) is 0. The van der Waals surface area contributed by atoms with Gasteiger partial charge in [-0.3, -0.25) is 0 Å². The molecule has 37 valence electrons. The topological polar surface area (TPSA) is 0 Å². The maximum atomic E-state index is 0. The van der Waals surface area contributed by atoms with Gasteiger partial charge in [0.2, 0.25) is 0 Å². The van der Waals surface area contributed by atoms with Gasteiger partial charge in [0.25, 0.3) is 0 Å². The molecule has 0 bridgehead atoms. The summed E-state index contributed by atoms with van der Waals surface area (Å²) in [6, 6.07) is 0. The Labute approximate surface area is 85.2 Å². The van der Waals surface area contributed by atoms with E-state index in [9.17, 15) is 0 Å². The van der Waals surface area contributed by atoms with E-state index in [-0.39, 0.29) is 85.8 Å². The van der Waals surface area contributed by atoms with Crippen LogP contribution in [0.1, 0.15) is 0 Å². The van der Waals surface area contributed by atoms with Gasteiger partial charge in [0.1, 0.15) is 0 Å². The second kappa shape index (κ2) is 55.0. The summed E-state index contributed by atoms with van der Waals surface area (Å²) in [5.41, 5.74) is 0. The molecule has 0 nitrogen and oxygen atoms in total. The van der Waals surface area contributed by atoms with Crippen molar-refractivity contribution in [2.45, 2.75) is 0 Å². The molecule has 0 aliphatic heterocycles. The van der Waals surface area contributed by atoms with E-state index in [1.807, 2.05) is 0 Å². The summed E-state index contributed by atoms with van der Waals surface area (Å²) in [5, 5.41) is 0. The average molecular weight is 181 g/mol. The van der Waals surface area contributed by atoms with E-state index < -0.39 is 0 Å². The van der Waals surface area contributed by atoms with E-state index in [1.165, 1.54) is 0 Å². The van der Waals surface area contributed by atoms with Crippen molar-refractivity contribution >= 4 is 85.8 Å². The molecule has 3 radical (unpaired) electrons. The minimum absolute atomic E-state index is 0. The van der Waals surface area contributed by atoms with Crippen LogP contribution in [-0.4, -0.2) is 36.2 Å². The SMILES string of the molecule is Cl.Cl.Cl.Cl.[Al].[LiH]. The molecular weight excluding hydrogens is 176 g/mol. The molecule has 6 heavy (non-hydrogen) atoms. The van der Waals surface area contributed by atoms with Crippen molar-refractivity contribution in [3.63, 3.8) is 0 Å². The van der Waals surface area contributed by atoms with Crippen molar-refractivity contribution in [3.05, 3.63) is 0 Å². The summed E-state index contributed by atoms with van der Waals surface area (Å²) >= 11 is 0. The molecule has 0 aromatic heterocycles. The second-order valence-corrected chi connectivity index (χ2v) is 0. The minimum atomic E-state index is 0. The van der Waals surface area contributed by atoms with Crippen molar-refractivity contribution in [2.75, 3.05) is 0 Å². The second-order valence-electron chi connectivity index (χ2n) is 0. The summed E-state index contributed by atoms with van der Waals surface area (Å²) in [6.07, 6.45) is 0. The summed E-state index contributed by atoms with van der Waals surface area (Å²) in [5.74, 6) is 0. The van der Waals surface area contributed by atoms with Gasteiger partial charge in [-0.1, -0.05) is 0 Å². The van der Waals surface area contributed by atoms with Gasteiger partial charge in [-0.2, -0.15) is 0 Å². The third-order valence-corrected chi connectivity index (χ3v) is 0. The predicted molar refractivity (Wildman–Crippen MR) is 41.9 cm³/mol. The Bertz CT molecular complexity index is 7.51. The fraction of sp³-hybridized carbons (Fsp3) is 0. The number of hydrogen-bond acceptors (Lipinski definition) is 0.